The van der Waals surface area contributed by atoms with E-state index in [1.165, 1.54) is 0 Å². The third-order valence-electron chi connectivity index (χ3n) is 4.90. The maximum atomic E-state index is 12.9. The Bertz CT molecular complexity index is 1140. The summed E-state index contributed by atoms with van der Waals surface area (Å²) in [6.07, 6.45) is 6.71. The predicted octanol–water partition coefficient (Wildman–Crippen LogP) is 5.55. The fourth-order valence-corrected chi connectivity index (χ4v) is 3.36. The van der Waals surface area contributed by atoms with Crippen LogP contribution in [0.3, 0.4) is 0 Å². The highest BCUT2D eigenvalue weighted by atomic mass is 16.6. The summed E-state index contributed by atoms with van der Waals surface area (Å²) in [4.78, 5) is 24.7. The molecule has 1 aromatic heterocycles. The van der Waals surface area contributed by atoms with Crippen molar-refractivity contribution in [3.05, 3.63) is 89.8 Å². The molecule has 3 aromatic rings. The average Bonchev–Trinajstić information content (AvgIpc) is 3.28. The van der Waals surface area contributed by atoms with Crippen LogP contribution in [0, 0.1) is 0 Å². The molecule has 0 fully saturated rings. The molecule has 2 aromatic carbocycles. The van der Waals surface area contributed by atoms with Gasteiger partial charge in [0, 0.05) is 18.3 Å². The summed E-state index contributed by atoms with van der Waals surface area (Å²) in [7, 11) is 1.60. The predicted molar refractivity (Wildman–Crippen MR) is 132 cm³/mol. The number of carbonyl (C=O) groups excluding carboxylic acids is 2. The molecule has 178 valence electrons. The van der Waals surface area contributed by atoms with E-state index in [-0.39, 0.29) is 12.4 Å². The molecular formula is C28H31NO5. The van der Waals surface area contributed by atoms with Crippen LogP contribution in [-0.4, -0.2) is 35.6 Å². The van der Waals surface area contributed by atoms with Crippen LogP contribution >= 0.6 is 0 Å². The zero-order valence-corrected chi connectivity index (χ0v) is 20.1. The lowest BCUT2D eigenvalue weighted by Crippen LogP contribution is -2.27. The lowest BCUT2D eigenvalue weighted by Gasteiger charge is -2.19. The van der Waals surface area contributed by atoms with Crippen molar-refractivity contribution in [3.8, 4) is 11.5 Å². The third-order valence-corrected chi connectivity index (χ3v) is 4.90. The lowest BCUT2D eigenvalue weighted by molar-refractivity contribution is -0.157. The van der Waals surface area contributed by atoms with Gasteiger partial charge in [0.2, 0.25) is 5.78 Å². The highest BCUT2D eigenvalue weighted by Gasteiger charge is 2.16. The van der Waals surface area contributed by atoms with Crippen molar-refractivity contribution >= 4 is 17.8 Å². The highest BCUT2D eigenvalue weighted by molar-refractivity contribution is 6.08. The Hall–Kier alpha value is -3.80. The summed E-state index contributed by atoms with van der Waals surface area (Å²) < 4.78 is 17.9. The van der Waals surface area contributed by atoms with Gasteiger partial charge in [-0.1, -0.05) is 24.3 Å². The Morgan fingerprint density at radius 2 is 1.74 bits per heavy atom. The SMILES string of the molecule is COc1ccc(C(=O)c2cccn2CC/C=C/c2cccc(OCC(=O)OC(C)(C)C)c2)cc1. The Kier molecular flexibility index (Phi) is 8.30. The van der Waals surface area contributed by atoms with Gasteiger partial charge in [-0.15, -0.1) is 0 Å². The molecular weight excluding hydrogens is 430 g/mol. The third kappa shape index (κ3) is 7.37. The number of ketones is 1. The normalized spacial score (nSPS) is 11.4. The van der Waals surface area contributed by atoms with Gasteiger partial charge in [-0.3, -0.25) is 4.79 Å². The van der Waals surface area contributed by atoms with E-state index >= 15 is 0 Å². The number of aryl methyl sites for hydroxylation is 1. The van der Waals surface area contributed by atoms with Gasteiger partial charge in [0.05, 0.1) is 12.8 Å². The Labute approximate surface area is 200 Å². The van der Waals surface area contributed by atoms with E-state index in [9.17, 15) is 9.59 Å². The van der Waals surface area contributed by atoms with Gasteiger partial charge in [-0.05, 0) is 81.3 Å². The maximum Gasteiger partial charge on any atom is 0.344 e. The molecule has 3 rings (SSSR count). The molecule has 1 heterocycles. The molecule has 0 atom stereocenters. The number of allylic oxidation sites excluding steroid dienone is 1. The lowest BCUT2D eigenvalue weighted by atomic mass is 10.1. The molecule has 0 unspecified atom stereocenters. The topological polar surface area (TPSA) is 66.8 Å². The molecule has 0 radical (unpaired) electrons. The van der Waals surface area contributed by atoms with Crippen molar-refractivity contribution in [2.24, 2.45) is 0 Å². The summed E-state index contributed by atoms with van der Waals surface area (Å²) in [5, 5.41) is 0. The molecule has 0 amide bonds. The first-order valence-electron chi connectivity index (χ1n) is 11.2. The van der Waals surface area contributed by atoms with E-state index in [1.54, 1.807) is 37.4 Å². The van der Waals surface area contributed by atoms with Gasteiger partial charge >= 0.3 is 5.97 Å². The fourth-order valence-electron chi connectivity index (χ4n) is 3.36. The molecule has 0 aliphatic carbocycles. The van der Waals surface area contributed by atoms with E-state index in [4.69, 9.17) is 14.2 Å². The number of esters is 1. The first-order valence-corrected chi connectivity index (χ1v) is 11.2. The van der Waals surface area contributed by atoms with Crippen molar-refractivity contribution < 1.29 is 23.8 Å². The maximum absolute atomic E-state index is 12.9. The molecule has 6 heteroatoms. The summed E-state index contributed by atoms with van der Waals surface area (Å²) in [5.74, 6) is 0.897. The van der Waals surface area contributed by atoms with Crippen LogP contribution in [0.2, 0.25) is 0 Å². The number of hydrogen-bond acceptors (Lipinski definition) is 5. The largest absolute Gasteiger partial charge is 0.497 e. The Morgan fingerprint density at radius 1 is 0.971 bits per heavy atom. The van der Waals surface area contributed by atoms with Crippen molar-refractivity contribution in [2.45, 2.75) is 39.3 Å². The van der Waals surface area contributed by atoms with Crippen LogP contribution in [0.25, 0.3) is 6.08 Å². The average molecular weight is 462 g/mol. The van der Waals surface area contributed by atoms with E-state index in [0.717, 1.165) is 17.7 Å². The van der Waals surface area contributed by atoms with E-state index in [1.807, 2.05) is 67.9 Å². The molecule has 0 saturated heterocycles. The van der Waals surface area contributed by atoms with Gasteiger partial charge in [-0.25, -0.2) is 4.79 Å². The van der Waals surface area contributed by atoms with Crippen molar-refractivity contribution in [3.63, 3.8) is 0 Å². The Morgan fingerprint density at radius 3 is 2.44 bits per heavy atom. The van der Waals surface area contributed by atoms with Crippen molar-refractivity contribution in [1.82, 2.24) is 4.57 Å². The van der Waals surface area contributed by atoms with E-state index < -0.39 is 11.6 Å². The number of hydrogen-bond donors (Lipinski definition) is 0. The zero-order valence-electron chi connectivity index (χ0n) is 20.1. The molecule has 0 aliphatic rings. The second-order valence-electron chi connectivity index (χ2n) is 8.78. The highest BCUT2D eigenvalue weighted by Crippen LogP contribution is 2.18. The van der Waals surface area contributed by atoms with Gasteiger partial charge in [0.25, 0.3) is 0 Å². The fraction of sp³-hybridized carbons (Fsp3) is 0.286. The minimum atomic E-state index is -0.538. The summed E-state index contributed by atoms with van der Waals surface area (Å²) in [6, 6.07) is 18.4. The van der Waals surface area contributed by atoms with Crippen molar-refractivity contribution in [1.29, 1.82) is 0 Å². The molecule has 0 spiro atoms. The number of benzene rings is 2. The molecule has 0 saturated carbocycles. The van der Waals surface area contributed by atoms with Crippen LogP contribution in [0.1, 0.15) is 48.8 Å². The van der Waals surface area contributed by atoms with Gasteiger partial charge < -0.3 is 18.8 Å². The molecule has 6 nitrogen and oxygen atoms in total. The number of rotatable bonds is 10. The smallest absolute Gasteiger partial charge is 0.344 e. The summed E-state index contributed by atoms with van der Waals surface area (Å²) in [6.45, 7) is 6.00. The Balaban J connectivity index is 1.54. The second kappa shape index (κ2) is 11.4. The van der Waals surface area contributed by atoms with Crippen LogP contribution < -0.4 is 9.47 Å². The summed E-state index contributed by atoms with van der Waals surface area (Å²) in [5.41, 5.74) is 1.70. The van der Waals surface area contributed by atoms with E-state index in [2.05, 4.69) is 6.08 Å². The van der Waals surface area contributed by atoms with Crippen LogP contribution in [-0.2, 0) is 16.1 Å². The van der Waals surface area contributed by atoms with Gasteiger partial charge in [0.1, 0.15) is 17.1 Å². The van der Waals surface area contributed by atoms with Gasteiger partial charge in [-0.2, -0.15) is 0 Å². The molecule has 0 bridgehead atoms. The van der Waals surface area contributed by atoms with Crippen LogP contribution in [0.5, 0.6) is 11.5 Å². The molecule has 0 aliphatic heterocycles. The number of methoxy groups -OCH3 is 1. The van der Waals surface area contributed by atoms with Crippen LogP contribution in [0.4, 0.5) is 0 Å². The summed E-state index contributed by atoms with van der Waals surface area (Å²) >= 11 is 0. The van der Waals surface area contributed by atoms with E-state index in [0.29, 0.717) is 23.6 Å². The standard InChI is InChI=1S/C28H31NO5/c1-28(2,3)34-26(30)20-33-24-11-7-10-21(19-24)9-5-6-17-29-18-8-12-25(29)27(31)22-13-15-23(32-4)16-14-22/h5,7-16,18-19H,6,17,20H2,1-4H3/b9-5+. The first-order chi connectivity index (χ1) is 16.2. The second-order valence-corrected chi connectivity index (χ2v) is 8.78. The number of carbonyl (C=O) groups is 2. The molecule has 0 N–H and O–H groups in total. The number of aromatic nitrogens is 1. The zero-order chi connectivity index (χ0) is 24.6. The van der Waals surface area contributed by atoms with Crippen LogP contribution in [0.15, 0.2) is 72.9 Å². The number of ether oxygens (including phenoxy) is 3. The molecule has 34 heavy (non-hydrogen) atoms. The van der Waals surface area contributed by atoms with Crippen molar-refractivity contribution in [2.75, 3.05) is 13.7 Å². The minimum absolute atomic E-state index is 0.0218. The monoisotopic (exact) mass is 461 g/mol. The quantitative estimate of drug-likeness (QED) is 0.292. The van der Waals surface area contributed by atoms with Gasteiger partial charge in [0.15, 0.2) is 6.61 Å². The minimum Gasteiger partial charge on any atom is -0.497 e. The first kappa shape index (κ1) is 24.8. The number of nitrogens with zero attached hydrogens (tertiary/aromatic N) is 1.